The number of nitrogens with zero attached hydrogens (tertiary/aromatic N) is 3. The molecule has 0 radical (unpaired) electrons. The number of hydrogen-bond donors (Lipinski definition) is 1. The summed E-state index contributed by atoms with van der Waals surface area (Å²) in [6.07, 6.45) is 1.99. The van der Waals surface area contributed by atoms with E-state index in [0.717, 1.165) is 31.6 Å². The van der Waals surface area contributed by atoms with Crippen molar-refractivity contribution in [2.45, 2.75) is 32.6 Å². The number of amides is 1. The molecule has 1 amide bonds. The zero-order valence-corrected chi connectivity index (χ0v) is 12.9. The molecule has 1 aromatic heterocycles. The van der Waals surface area contributed by atoms with Crippen LogP contribution in [0.4, 0.5) is 0 Å². The van der Waals surface area contributed by atoms with E-state index in [1.54, 1.807) is 11.0 Å². The highest BCUT2D eigenvalue weighted by Crippen LogP contribution is 2.23. The molecule has 0 bridgehead atoms. The first-order chi connectivity index (χ1) is 10.2. The van der Waals surface area contributed by atoms with E-state index in [9.17, 15) is 4.79 Å². The molecular weight excluding hydrogens is 270 g/mol. The normalized spacial score (nSPS) is 16.7. The maximum absolute atomic E-state index is 12.4. The summed E-state index contributed by atoms with van der Waals surface area (Å²) >= 11 is 0. The van der Waals surface area contributed by atoms with Crippen molar-refractivity contribution < 1.29 is 14.4 Å². The lowest BCUT2D eigenvalue weighted by molar-refractivity contribution is 0.0576. The average molecular weight is 295 g/mol. The highest BCUT2D eigenvalue weighted by Gasteiger charge is 2.25. The second-order valence-electron chi connectivity index (χ2n) is 5.49. The number of β-amino-alcohol motifs (C(OH)–C–C–N with tert-alkyl or cyclic N) is 1. The lowest BCUT2D eigenvalue weighted by Gasteiger charge is -2.33. The van der Waals surface area contributed by atoms with Crippen molar-refractivity contribution in [2.24, 2.45) is 0 Å². The van der Waals surface area contributed by atoms with Crippen LogP contribution in [-0.4, -0.2) is 65.3 Å². The van der Waals surface area contributed by atoms with Gasteiger partial charge in [0.2, 0.25) is 5.76 Å². The molecule has 2 rings (SSSR count). The number of piperazine rings is 1. The molecule has 6 nitrogen and oxygen atoms in total. The predicted octanol–water partition coefficient (Wildman–Crippen LogP) is 1.33. The average Bonchev–Trinajstić information content (AvgIpc) is 2.99. The SMILES string of the molecule is CCC(CC)c1cc(C(=O)N2CCN(CCO)CC2)on1. The summed E-state index contributed by atoms with van der Waals surface area (Å²) in [4.78, 5) is 16.4. The molecule has 0 aromatic carbocycles. The number of aliphatic hydroxyl groups excluding tert-OH is 1. The van der Waals surface area contributed by atoms with Crippen molar-refractivity contribution in [1.29, 1.82) is 0 Å². The standard InChI is InChI=1S/C15H25N3O3/c1-3-12(4-2)13-11-14(21-16-13)15(20)18-7-5-17(6-8-18)9-10-19/h11-12,19H,3-10H2,1-2H3. The molecule has 0 unspecified atom stereocenters. The molecule has 0 aliphatic carbocycles. The number of carbonyl (C=O) groups is 1. The van der Waals surface area contributed by atoms with Crippen LogP contribution in [0.1, 0.15) is 48.9 Å². The van der Waals surface area contributed by atoms with Gasteiger partial charge in [0.15, 0.2) is 0 Å². The summed E-state index contributed by atoms with van der Waals surface area (Å²) < 4.78 is 5.24. The molecule has 1 aliphatic heterocycles. The van der Waals surface area contributed by atoms with Crippen LogP contribution in [0.25, 0.3) is 0 Å². The van der Waals surface area contributed by atoms with E-state index in [0.29, 0.717) is 31.3 Å². The van der Waals surface area contributed by atoms with E-state index >= 15 is 0 Å². The van der Waals surface area contributed by atoms with Crippen molar-refractivity contribution in [3.63, 3.8) is 0 Å². The minimum Gasteiger partial charge on any atom is -0.395 e. The van der Waals surface area contributed by atoms with Gasteiger partial charge in [-0.1, -0.05) is 19.0 Å². The van der Waals surface area contributed by atoms with E-state index in [1.807, 2.05) is 0 Å². The second-order valence-corrected chi connectivity index (χ2v) is 5.49. The van der Waals surface area contributed by atoms with Crippen LogP contribution < -0.4 is 0 Å². The highest BCUT2D eigenvalue weighted by molar-refractivity contribution is 5.91. The lowest BCUT2D eigenvalue weighted by atomic mass is 9.99. The van der Waals surface area contributed by atoms with Gasteiger partial charge in [-0.3, -0.25) is 9.69 Å². The van der Waals surface area contributed by atoms with E-state index < -0.39 is 0 Å². The number of aromatic nitrogens is 1. The molecule has 1 N–H and O–H groups in total. The van der Waals surface area contributed by atoms with Gasteiger partial charge in [-0.15, -0.1) is 0 Å². The Labute approximate surface area is 125 Å². The molecule has 21 heavy (non-hydrogen) atoms. The zero-order chi connectivity index (χ0) is 15.2. The van der Waals surface area contributed by atoms with Crippen LogP contribution in [0, 0.1) is 0 Å². The van der Waals surface area contributed by atoms with Gasteiger partial charge in [0.1, 0.15) is 0 Å². The van der Waals surface area contributed by atoms with E-state index in [1.165, 1.54) is 0 Å². The summed E-state index contributed by atoms with van der Waals surface area (Å²) in [7, 11) is 0. The maximum Gasteiger partial charge on any atom is 0.292 e. The maximum atomic E-state index is 12.4. The number of aliphatic hydroxyl groups is 1. The Morgan fingerprint density at radius 2 is 2.00 bits per heavy atom. The first-order valence-electron chi connectivity index (χ1n) is 7.78. The fourth-order valence-corrected chi connectivity index (χ4v) is 2.76. The molecule has 1 saturated heterocycles. The number of rotatable bonds is 6. The van der Waals surface area contributed by atoms with Gasteiger partial charge >= 0.3 is 0 Å². The molecule has 6 heteroatoms. The number of carbonyl (C=O) groups excluding carboxylic acids is 1. The molecular formula is C15H25N3O3. The van der Waals surface area contributed by atoms with Crippen molar-refractivity contribution in [3.05, 3.63) is 17.5 Å². The third-order valence-electron chi connectivity index (χ3n) is 4.22. The molecule has 1 fully saturated rings. The fourth-order valence-electron chi connectivity index (χ4n) is 2.76. The Morgan fingerprint density at radius 3 is 2.57 bits per heavy atom. The Hall–Kier alpha value is -1.40. The molecule has 0 atom stereocenters. The summed E-state index contributed by atoms with van der Waals surface area (Å²) in [6, 6.07) is 1.79. The predicted molar refractivity (Wildman–Crippen MR) is 79.3 cm³/mol. The van der Waals surface area contributed by atoms with Crippen molar-refractivity contribution in [3.8, 4) is 0 Å². The Bertz CT molecular complexity index is 449. The van der Waals surface area contributed by atoms with Crippen LogP contribution in [0.3, 0.4) is 0 Å². The molecule has 0 saturated carbocycles. The van der Waals surface area contributed by atoms with Gasteiger partial charge in [0, 0.05) is 44.7 Å². The molecule has 2 heterocycles. The topological polar surface area (TPSA) is 69.8 Å². The number of hydrogen-bond acceptors (Lipinski definition) is 5. The minimum atomic E-state index is -0.0802. The summed E-state index contributed by atoms with van der Waals surface area (Å²) in [5, 5.41) is 13.0. The summed E-state index contributed by atoms with van der Waals surface area (Å²) in [5.74, 6) is 0.618. The molecule has 1 aromatic rings. The van der Waals surface area contributed by atoms with E-state index in [-0.39, 0.29) is 12.5 Å². The first kappa shape index (κ1) is 16.0. The zero-order valence-electron chi connectivity index (χ0n) is 12.9. The third-order valence-corrected chi connectivity index (χ3v) is 4.22. The van der Waals surface area contributed by atoms with Gasteiger partial charge < -0.3 is 14.5 Å². The molecule has 0 spiro atoms. The first-order valence-corrected chi connectivity index (χ1v) is 7.78. The Kier molecular flexibility index (Phi) is 5.76. The van der Waals surface area contributed by atoms with Crippen molar-refractivity contribution in [2.75, 3.05) is 39.3 Å². The van der Waals surface area contributed by atoms with Gasteiger partial charge in [-0.05, 0) is 12.8 Å². The largest absolute Gasteiger partial charge is 0.395 e. The smallest absolute Gasteiger partial charge is 0.292 e. The van der Waals surface area contributed by atoms with Crippen LogP contribution >= 0.6 is 0 Å². The fraction of sp³-hybridized carbons (Fsp3) is 0.733. The van der Waals surface area contributed by atoms with Crippen LogP contribution in [-0.2, 0) is 0 Å². The third kappa shape index (κ3) is 3.83. The van der Waals surface area contributed by atoms with E-state index in [4.69, 9.17) is 9.63 Å². The van der Waals surface area contributed by atoms with E-state index in [2.05, 4.69) is 23.9 Å². The van der Waals surface area contributed by atoms with Crippen LogP contribution in [0.5, 0.6) is 0 Å². The summed E-state index contributed by atoms with van der Waals surface area (Å²) in [6.45, 7) is 7.98. The van der Waals surface area contributed by atoms with Gasteiger partial charge in [-0.25, -0.2) is 0 Å². The Balaban J connectivity index is 1.95. The Morgan fingerprint density at radius 1 is 1.33 bits per heavy atom. The quantitative estimate of drug-likeness (QED) is 0.857. The van der Waals surface area contributed by atoms with Crippen molar-refractivity contribution in [1.82, 2.24) is 15.0 Å². The van der Waals surface area contributed by atoms with Gasteiger partial charge in [0.25, 0.3) is 5.91 Å². The van der Waals surface area contributed by atoms with Crippen LogP contribution in [0.15, 0.2) is 10.6 Å². The lowest BCUT2D eigenvalue weighted by Crippen LogP contribution is -2.49. The minimum absolute atomic E-state index is 0.0802. The van der Waals surface area contributed by atoms with Crippen molar-refractivity contribution >= 4 is 5.91 Å². The molecule has 1 aliphatic rings. The monoisotopic (exact) mass is 295 g/mol. The van der Waals surface area contributed by atoms with Gasteiger partial charge in [-0.2, -0.15) is 0 Å². The highest BCUT2D eigenvalue weighted by atomic mass is 16.5. The summed E-state index contributed by atoms with van der Waals surface area (Å²) in [5.41, 5.74) is 0.877. The molecule has 118 valence electrons. The van der Waals surface area contributed by atoms with Gasteiger partial charge in [0.05, 0.1) is 12.3 Å². The van der Waals surface area contributed by atoms with Crippen LogP contribution in [0.2, 0.25) is 0 Å². The second kappa shape index (κ2) is 7.56.